The Morgan fingerprint density at radius 2 is 1.79 bits per heavy atom. The van der Waals surface area contributed by atoms with Gasteiger partial charge in [0.05, 0.1) is 23.6 Å². The summed E-state index contributed by atoms with van der Waals surface area (Å²) in [5.41, 5.74) is 7.10. The second-order valence-corrected chi connectivity index (χ2v) is 10.7. The highest BCUT2D eigenvalue weighted by molar-refractivity contribution is 8.00. The number of aromatic nitrogens is 3. The lowest BCUT2D eigenvalue weighted by Crippen LogP contribution is -2.16. The lowest BCUT2D eigenvalue weighted by Gasteiger charge is -2.24. The number of anilines is 1. The van der Waals surface area contributed by atoms with E-state index in [1.165, 1.54) is 17.3 Å². The van der Waals surface area contributed by atoms with E-state index in [1.807, 2.05) is 62.4 Å². The predicted molar refractivity (Wildman–Crippen MR) is 150 cm³/mol. The lowest BCUT2D eigenvalue weighted by molar-refractivity contribution is -0.113. The molecule has 2 aromatic carbocycles. The number of amides is 1. The molecule has 0 radical (unpaired) electrons. The molecule has 2 N–H and O–H groups in total. The first-order chi connectivity index (χ1) is 18.3. The number of carbonyl (C=O) groups is 1. The molecule has 4 aromatic rings. The number of fused-ring (bicyclic) bond motifs is 2. The molecule has 0 saturated heterocycles. The highest BCUT2D eigenvalue weighted by Gasteiger charge is 2.28. The van der Waals surface area contributed by atoms with Crippen molar-refractivity contribution in [3.63, 3.8) is 0 Å². The van der Waals surface area contributed by atoms with E-state index >= 15 is 0 Å². The molecule has 0 bridgehead atoms. The van der Waals surface area contributed by atoms with Crippen LogP contribution in [0.1, 0.15) is 53.3 Å². The number of pyridine rings is 1. The number of hydrogen-bond acceptors (Lipinski definition) is 7. The van der Waals surface area contributed by atoms with Crippen LogP contribution < -0.4 is 10.1 Å². The number of nitrogens with zero attached hydrogens (tertiary/aromatic N) is 3. The van der Waals surface area contributed by atoms with Crippen molar-refractivity contribution in [2.45, 2.75) is 51.7 Å². The van der Waals surface area contributed by atoms with Crippen molar-refractivity contribution in [1.82, 2.24) is 15.0 Å². The highest BCUT2D eigenvalue weighted by atomic mass is 32.2. The van der Waals surface area contributed by atoms with Crippen LogP contribution >= 0.6 is 11.8 Å². The number of thioether (sulfide) groups is 1. The van der Waals surface area contributed by atoms with E-state index in [1.54, 1.807) is 6.20 Å². The third-order valence-corrected chi connectivity index (χ3v) is 7.59. The second kappa shape index (κ2) is 10.9. The number of ether oxygens (including phenoxy) is 1. The van der Waals surface area contributed by atoms with Gasteiger partial charge in [-0.25, -0.2) is 4.98 Å². The van der Waals surface area contributed by atoms with Gasteiger partial charge in [0, 0.05) is 35.0 Å². The summed E-state index contributed by atoms with van der Waals surface area (Å²) in [5.74, 6) is 2.09. The molecule has 1 amide bonds. The molecule has 38 heavy (non-hydrogen) atoms. The molecule has 0 spiro atoms. The van der Waals surface area contributed by atoms with Crippen molar-refractivity contribution in [1.29, 1.82) is 0 Å². The van der Waals surface area contributed by atoms with Gasteiger partial charge >= 0.3 is 0 Å². The average molecular weight is 527 g/mol. The maximum atomic E-state index is 12.9. The predicted octanol–water partition coefficient (Wildman–Crippen LogP) is 6.20. The Morgan fingerprint density at radius 1 is 1.05 bits per heavy atom. The topological polar surface area (TPSA) is 97.2 Å². The fourth-order valence-electron chi connectivity index (χ4n) is 4.33. The van der Waals surface area contributed by atoms with Gasteiger partial charge in [-0.2, -0.15) is 4.98 Å². The third-order valence-electron chi connectivity index (χ3n) is 6.57. The van der Waals surface area contributed by atoms with E-state index in [9.17, 15) is 9.90 Å². The molecule has 3 heterocycles. The average Bonchev–Trinajstić information content (AvgIpc) is 2.92. The van der Waals surface area contributed by atoms with Crippen LogP contribution in [-0.2, 0) is 17.8 Å². The Morgan fingerprint density at radius 3 is 2.47 bits per heavy atom. The normalized spacial score (nSPS) is 12.1. The zero-order valence-electron chi connectivity index (χ0n) is 21.9. The summed E-state index contributed by atoms with van der Waals surface area (Å²) >= 11 is 1.35. The molecule has 0 unspecified atom stereocenters. The van der Waals surface area contributed by atoms with Gasteiger partial charge in [-0.1, -0.05) is 67.6 Å². The monoisotopic (exact) mass is 526 g/mol. The van der Waals surface area contributed by atoms with Crippen LogP contribution in [0.4, 0.5) is 5.69 Å². The summed E-state index contributed by atoms with van der Waals surface area (Å²) in [6.45, 7) is 8.04. The maximum absolute atomic E-state index is 12.9. The molecule has 5 rings (SSSR count). The van der Waals surface area contributed by atoms with Crippen LogP contribution in [-0.4, -0.2) is 31.7 Å². The van der Waals surface area contributed by atoms with Crippen molar-refractivity contribution in [3.05, 3.63) is 88.2 Å². The van der Waals surface area contributed by atoms with Gasteiger partial charge < -0.3 is 15.2 Å². The summed E-state index contributed by atoms with van der Waals surface area (Å²) < 4.78 is 6.27. The van der Waals surface area contributed by atoms with Crippen LogP contribution in [0.15, 0.2) is 59.8 Å². The maximum Gasteiger partial charge on any atom is 0.234 e. The van der Waals surface area contributed by atoms with Crippen LogP contribution in [0.3, 0.4) is 0 Å². The van der Waals surface area contributed by atoms with Crippen molar-refractivity contribution in [2.75, 3.05) is 11.1 Å². The molecule has 0 saturated carbocycles. The molecule has 1 aliphatic heterocycles. The van der Waals surface area contributed by atoms with Gasteiger partial charge in [0.1, 0.15) is 5.03 Å². The number of aliphatic hydroxyl groups excluding tert-OH is 1. The Balaban J connectivity index is 1.44. The number of nitrogens with one attached hydrogen (secondary N) is 1. The molecule has 7 nitrogen and oxygen atoms in total. The molecule has 0 aliphatic carbocycles. The molecule has 194 valence electrons. The minimum Gasteiger partial charge on any atom is -0.436 e. The number of aryl methyl sites for hydroxylation is 2. The summed E-state index contributed by atoms with van der Waals surface area (Å²) in [6, 6.07) is 15.9. The van der Waals surface area contributed by atoms with Gasteiger partial charge in [-0.3, -0.25) is 9.78 Å². The van der Waals surface area contributed by atoms with Gasteiger partial charge in [-0.05, 0) is 37.5 Å². The standard InChI is InChI=1S/C30H30N4O3S/c1-17(2)20-9-11-23(12-10-20)32-26(36)16-38-30-25-13-24-22(15-35)14-31-19(4)27(24)37-29(25)33-28(34-30)21-7-5-18(3)6-8-21/h5-12,14,17,35H,13,15-16H2,1-4H3,(H,32,36). The van der Waals surface area contributed by atoms with E-state index in [0.29, 0.717) is 40.4 Å². The van der Waals surface area contributed by atoms with Gasteiger partial charge in [-0.15, -0.1) is 0 Å². The van der Waals surface area contributed by atoms with Crippen LogP contribution in [0.25, 0.3) is 11.4 Å². The fraction of sp³-hybridized carbons (Fsp3) is 0.267. The van der Waals surface area contributed by atoms with Crippen molar-refractivity contribution < 1.29 is 14.6 Å². The number of aliphatic hydroxyl groups is 1. The Bertz CT molecular complexity index is 1490. The summed E-state index contributed by atoms with van der Waals surface area (Å²) in [5, 5.41) is 13.6. The molecule has 1 aliphatic rings. The van der Waals surface area contributed by atoms with Gasteiger partial charge in [0.15, 0.2) is 11.6 Å². The highest BCUT2D eigenvalue weighted by Crippen LogP contribution is 2.42. The summed E-state index contributed by atoms with van der Waals surface area (Å²) in [6.07, 6.45) is 2.16. The van der Waals surface area contributed by atoms with Crippen molar-refractivity contribution in [3.8, 4) is 23.0 Å². The third kappa shape index (κ3) is 5.42. The zero-order chi connectivity index (χ0) is 26.8. The lowest BCUT2D eigenvalue weighted by atomic mass is 9.99. The summed E-state index contributed by atoms with van der Waals surface area (Å²) in [7, 11) is 0. The van der Waals surface area contributed by atoms with Gasteiger partial charge in [0.25, 0.3) is 0 Å². The Labute approximate surface area is 226 Å². The number of benzene rings is 2. The van der Waals surface area contributed by atoms with E-state index in [0.717, 1.165) is 33.6 Å². The zero-order valence-corrected chi connectivity index (χ0v) is 22.7. The van der Waals surface area contributed by atoms with Crippen LogP contribution in [0.2, 0.25) is 0 Å². The van der Waals surface area contributed by atoms with E-state index in [-0.39, 0.29) is 18.3 Å². The van der Waals surface area contributed by atoms with E-state index in [4.69, 9.17) is 14.7 Å². The second-order valence-electron chi connectivity index (χ2n) is 9.73. The minimum absolute atomic E-state index is 0.121. The first kappa shape index (κ1) is 25.9. The number of rotatable bonds is 7. The van der Waals surface area contributed by atoms with Crippen molar-refractivity contribution in [2.24, 2.45) is 0 Å². The number of hydrogen-bond donors (Lipinski definition) is 2. The smallest absolute Gasteiger partial charge is 0.234 e. The van der Waals surface area contributed by atoms with Gasteiger partial charge in [0.2, 0.25) is 11.8 Å². The van der Waals surface area contributed by atoms with E-state index < -0.39 is 0 Å². The molecule has 0 atom stereocenters. The summed E-state index contributed by atoms with van der Waals surface area (Å²) in [4.78, 5) is 26.8. The van der Waals surface area contributed by atoms with E-state index in [2.05, 4.69) is 24.1 Å². The first-order valence-electron chi connectivity index (χ1n) is 12.6. The minimum atomic E-state index is -0.142. The molecule has 0 fully saturated rings. The van der Waals surface area contributed by atoms with Crippen molar-refractivity contribution >= 4 is 23.4 Å². The molecule has 2 aromatic heterocycles. The SMILES string of the molecule is Cc1ccc(-c2nc3c(c(SCC(=O)Nc4ccc(C(C)C)cc4)n2)Cc2c(CO)cnc(C)c2O3)cc1. The molecular formula is C30H30N4O3S. The Kier molecular flexibility index (Phi) is 7.44. The number of carbonyl (C=O) groups excluding carboxylic acids is 1. The fourth-order valence-corrected chi connectivity index (χ4v) is 5.15. The Hall–Kier alpha value is -3.75. The molecular weight excluding hydrogens is 496 g/mol. The quantitative estimate of drug-likeness (QED) is 0.193. The first-order valence-corrected chi connectivity index (χ1v) is 13.6. The van der Waals surface area contributed by atoms with Crippen LogP contribution in [0, 0.1) is 13.8 Å². The largest absolute Gasteiger partial charge is 0.436 e. The van der Waals surface area contributed by atoms with Crippen LogP contribution in [0.5, 0.6) is 11.6 Å². The molecule has 8 heteroatoms.